The molecule has 0 amide bonds. The molecule has 3 aromatic heterocycles. The predicted molar refractivity (Wildman–Crippen MR) is 291 cm³/mol. The van der Waals surface area contributed by atoms with Crippen LogP contribution in [0.3, 0.4) is 0 Å². The number of benzene rings is 9. The van der Waals surface area contributed by atoms with Gasteiger partial charge in [-0.15, -0.1) is 0 Å². The third-order valence-corrected chi connectivity index (χ3v) is 13.4. The Morgan fingerprint density at radius 3 is 1.00 bits per heavy atom. The van der Waals surface area contributed by atoms with Crippen LogP contribution >= 0.6 is 0 Å². The van der Waals surface area contributed by atoms with E-state index in [1.165, 1.54) is 0 Å². The van der Waals surface area contributed by atoms with Gasteiger partial charge in [0, 0.05) is 44.2 Å². The van der Waals surface area contributed by atoms with E-state index in [0.717, 1.165) is 57.3 Å². The highest BCUT2D eigenvalue weighted by molar-refractivity contribution is 6.11. The Bertz CT molecular complexity index is 3960. The molecule has 12 rings (SSSR count). The molecule has 0 unspecified atom stereocenters. The van der Waals surface area contributed by atoms with Gasteiger partial charge in [-0.05, 0) is 102 Å². The zero-order valence-electron chi connectivity index (χ0n) is 41.1. The molecule has 0 aliphatic carbocycles. The molecule has 0 spiro atoms. The van der Waals surface area contributed by atoms with Gasteiger partial charge in [-0.2, -0.15) is 26.3 Å². The summed E-state index contributed by atoms with van der Waals surface area (Å²) in [6, 6.07) is 62.8. The lowest BCUT2D eigenvalue weighted by Crippen LogP contribution is -2.06. The van der Waals surface area contributed by atoms with Crippen LogP contribution in [0.25, 0.3) is 118 Å². The van der Waals surface area contributed by atoms with Gasteiger partial charge in [0.25, 0.3) is 0 Å². The van der Waals surface area contributed by atoms with Gasteiger partial charge in [-0.1, -0.05) is 158 Å². The van der Waals surface area contributed by atoms with Crippen molar-refractivity contribution in [3.8, 4) is 96.3 Å². The van der Waals surface area contributed by atoms with Gasteiger partial charge >= 0.3 is 12.4 Å². The third-order valence-electron chi connectivity index (χ3n) is 13.4. The summed E-state index contributed by atoms with van der Waals surface area (Å²) >= 11 is 0. The molecule has 374 valence electrons. The van der Waals surface area contributed by atoms with E-state index in [1.807, 2.05) is 168 Å². The van der Waals surface area contributed by atoms with E-state index in [2.05, 4.69) is 0 Å². The molecule has 13 heteroatoms. The molecule has 77 heavy (non-hydrogen) atoms. The van der Waals surface area contributed by atoms with Crippen molar-refractivity contribution in [2.24, 2.45) is 0 Å². The molecule has 7 nitrogen and oxygen atoms in total. The summed E-state index contributed by atoms with van der Waals surface area (Å²) in [5, 5.41) is 1.47. The van der Waals surface area contributed by atoms with Crippen LogP contribution in [-0.4, -0.2) is 34.5 Å². The highest BCUT2D eigenvalue weighted by Gasteiger charge is 2.32. The molecule has 0 N–H and O–H groups in total. The second-order valence-electron chi connectivity index (χ2n) is 18.8. The Morgan fingerprint density at radius 1 is 0.299 bits per heavy atom. The monoisotopic (exact) mass is 1020 g/mol. The first kappa shape index (κ1) is 48.3. The SMILES string of the molecule is Cc1cc(-c2ccc3c4ccc(-c5cc(C)cc(C(F)(F)F)c5)cc4n(-c4ccc(-c5nc(-c6ccccc6)nc(-c6ccccc6)n5)cc4-c4nc(-c5ccccc5)nc(-c5ccccc5)n4)c3c2)cc(C(F)(F)F)c1. The van der Waals surface area contributed by atoms with E-state index in [-0.39, 0.29) is 5.82 Å². The number of rotatable bonds is 9. The molecule has 0 bridgehead atoms. The van der Waals surface area contributed by atoms with Crippen molar-refractivity contribution >= 4 is 21.8 Å². The number of halogens is 6. The number of alkyl halides is 6. The molecule has 0 radical (unpaired) electrons. The summed E-state index contributed by atoms with van der Waals surface area (Å²) in [5.41, 5.74) is 6.78. The van der Waals surface area contributed by atoms with Gasteiger partial charge in [0.15, 0.2) is 34.9 Å². The number of nitrogens with zero attached hydrogens (tertiary/aromatic N) is 7. The Hall–Kier alpha value is -9.62. The molecule has 0 saturated heterocycles. The quantitative estimate of drug-likeness (QED) is 0.134. The standard InChI is InChI=1S/C64H41F6N7/c1-38-29-47(33-49(31-38)63(65,66)67)44-23-26-51-52-27-24-45(48-30-39(2)32-50(34-48)64(68,69)70)37-56(52)77(55(51)36-44)54-28-25-46(61-73-57(40-15-7-3-8-16-40)71-58(74-61)41-17-9-4-10-18-41)35-53(54)62-75-59(42-19-11-5-12-20-42)72-60(76-62)43-21-13-6-14-22-43/h3-37H,1-2H3. The number of hydrogen-bond donors (Lipinski definition) is 0. The molecule has 9 aromatic carbocycles. The number of hydrogen-bond acceptors (Lipinski definition) is 6. The maximum absolute atomic E-state index is 14.4. The Morgan fingerprint density at radius 2 is 0.636 bits per heavy atom. The Kier molecular flexibility index (Phi) is 12.1. The molecule has 0 fully saturated rings. The second kappa shape index (κ2) is 19.3. The lowest BCUT2D eigenvalue weighted by molar-refractivity contribution is -0.138. The molecule has 3 heterocycles. The maximum Gasteiger partial charge on any atom is 0.416 e. The fraction of sp³-hybridized carbons (Fsp3) is 0.0625. The number of fused-ring (bicyclic) bond motifs is 3. The fourth-order valence-electron chi connectivity index (χ4n) is 9.78. The third kappa shape index (κ3) is 9.59. The lowest BCUT2D eigenvalue weighted by Gasteiger charge is -2.17. The van der Waals surface area contributed by atoms with Crippen LogP contribution in [-0.2, 0) is 12.4 Å². The highest BCUT2D eigenvalue weighted by atomic mass is 19.4. The molecule has 0 atom stereocenters. The molecule has 12 aromatic rings. The first-order valence-corrected chi connectivity index (χ1v) is 24.6. The van der Waals surface area contributed by atoms with E-state index >= 15 is 0 Å². The normalized spacial score (nSPS) is 11.9. The second-order valence-corrected chi connectivity index (χ2v) is 18.8. The van der Waals surface area contributed by atoms with Crippen molar-refractivity contribution in [1.29, 1.82) is 0 Å². The largest absolute Gasteiger partial charge is 0.416 e. The van der Waals surface area contributed by atoms with Gasteiger partial charge in [-0.25, -0.2) is 29.9 Å². The summed E-state index contributed by atoms with van der Waals surface area (Å²) in [6.07, 6.45) is -9.20. The van der Waals surface area contributed by atoms with Crippen molar-refractivity contribution in [2.75, 3.05) is 0 Å². The summed E-state index contributed by atoms with van der Waals surface area (Å²) in [5.74, 6) is 2.26. The topological polar surface area (TPSA) is 82.3 Å². The van der Waals surface area contributed by atoms with E-state index in [4.69, 9.17) is 29.9 Å². The number of aryl methyl sites for hydroxylation is 2. The van der Waals surface area contributed by atoms with Crippen LogP contribution < -0.4 is 0 Å². The van der Waals surface area contributed by atoms with Crippen LogP contribution in [0.15, 0.2) is 212 Å². The minimum atomic E-state index is -4.60. The van der Waals surface area contributed by atoms with Gasteiger partial charge < -0.3 is 4.57 Å². The molecule has 0 aliphatic heterocycles. The van der Waals surface area contributed by atoms with Gasteiger partial charge in [0.05, 0.1) is 27.8 Å². The van der Waals surface area contributed by atoms with Gasteiger partial charge in [-0.3, -0.25) is 0 Å². The van der Waals surface area contributed by atoms with Crippen LogP contribution in [0.5, 0.6) is 0 Å². The van der Waals surface area contributed by atoms with Crippen LogP contribution in [0.4, 0.5) is 26.3 Å². The van der Waals surface area contributed by atoms with E-state index in [0.29, 0.717) is 90.4 Å². The van der Waals surface area contributed by atoms with Crippen LogP contribution in [0, 0.1) is 13.8 Å². The predicted octanol–water partition coefficient (Wildman–Crippen LogP) is 17.1. The van der Waals surface area contributed by atoms with Gasteiger partial charge in [0.2, 0.25) is 0 Å². The van der Waals surface area contributed by atoms with Crippen molar-refractivity contribution in [2.45, 2.75) is 26.2 Å². The van der Waals surface area contributed by atoms with Crippen molar-refractivity contribution < 1.29 is 26.3 Å². The zero-order chi connectivity index (χ0) is 53.0. The first-order valence-electron chi connectivity index (χ1n) is 24.6. The van der Waals surface area contributed by atoms with Crippen LogP contribution in [0.2, 0.25) is 0 Å². The summed E-state index contributed by atoms with van der Waals surface area (Å²) in [4.78, 5) is 30.5. The van der Waals surface area contributed by atoms with Crippen molar-refractivity contribution in [3.05, 3.63) is 235 Å². The van der Waals surface area contributed by atoms with E-state index in [9.17, 15) is 26.3 Å². The number of aromatic nitrogens is 7. The van der Waals surface area contributed by atoms with Gasteiger partial charge in [0.1, 0.15) is 0 Å². The summed E-state index contributed by atoms with van der Waals surface area (Å²) in [6.45, 7) is 3.25. The summed E-state index contributed by atoms with van der Waals surface area (Å²) in [7, 11) is 0. The minimum Gasteiger partial charge on any atom is -0.308 e. The molecule has 0 saturated carbocycles. The molecular formula is C64H41F6N7. The van der Waals surface area contributed by atoms with E-state index < -0.39 is 23.5 Å². The first-order chi connectivity index (χ1) is 37.2. The average Bonchev–Trinajstić information content (AvgIpc) is 4.00. The maximum atomic E-state index is 14.4. The highest BCUT2D eigenvalue weighted by Crippen LogP contribution is 2.43. The lowest BCUT2D eigenvalue weighted by atomic mass is 9.98. The smallest absolute Gasteiger partial charge is 0.308 e. The fourth-order valence-corrected chi connectivity index (χ4v) is 9.78. The summed E-state index contributed by atoms with van der Waals surface area (Å²) < 4.78 is 88.3. The van der Waals surface area contributed by atoms with Crippen molar-refractivity contribution in [3.63, 3.8) is 0 Å². The van der Waals surface area contributed by atoms with Crippen molar-refractivity contribution in [1.82, 2.24) is 34.5 Å². The minimum absolute atomic E-state index is 0.263. The Balaban J connectivity index is 1.18. The molecular weight excluding hydrogens is 981 g/mol. The zero-order valence-corrected chi connectivity index (χ0v) is 41.1. The van der Waals surface area contributed by atoms with E-state index in [1.54, 1.807) is 38.1 Å². The van der Waals surface area contributed by atoms with Crippen LogP contribution in [0.1, 0.15) is 22.3 Å². The Labute approximate surface area is 437 Å². The molecule has 0 aliphatic rings. The average molecular weight is 1020 g/mol.